The minimum absolute atomic E-state index is 0.0186. The highest BCUT2D eigenvalue weighted by molar-refractivity contribution is 5.97. The van der Waals surface area contributed by atoms with Crippen LogP contribution in [-0.2, 0) is 17.8 Å². The highest BCUT2D eigenvalue weighted by Gasteiger charge is 2.40. The van der Waals surface area contributed by atoms with Crippen LogP contribution >= 0.6 is 0 Å². The van der Waals surface area contributed by atoms with Crippen LogP contribution in [0, 0.1) is 0 Å². The third kappa shape index (κ3) is 4.86. The molecule has 0 bridgehead atoms. The van der Waals surface area contributed by atoms with Gasteiger partial charge in [0.1, 0.15) is 0 Å². The Balaban J connectivity index is 1.88. The zero-order chi connectivity index (χ0) is 22.0. The number of Topliss-reactive ketones (excluding diaryl/α,β-unsaturated/α-hetero) is 1. The molecule has 30 heavy (non-hydrogen) atoms. The van der Waals surface area contributed by atoms with Crippen LogP contribution in [0.2, 0.25) is 0 Å². The minimum Gasteiger partial charge on any atom is -0.317 e. The molecular formula is C22H21F6NO. The summed E-state index contributed by atoms with van der Waals surface area (Å²) in [6.07, 6.45) is -8.38. The van der Waals surface area contributed by atoms with Crippen LogP contribution in [0.4, 0.5) is 26.3 Å². The van der Waals surface area contributed by atoms with Gasteiger partial charge >= 0.3 is 12.4 Å². The molecule has 0 spiro atoms. The van der Waals surface area contributed by atoms with Crippen LogP contribution in [0.15, 0.2) is 48.5 Å². The number of carbonyl (C=O) groups excluding carboxylic acids is 1. The molecule has 2 nitrogen and oxygen atoms in total. The van der Waals surface area contributed by atoms with Crippen molar-refractivity contribution in [3.05, 3.63) is 70.8 Å². The van der Waals surface area contributed by atoms with Gasteiger partial charge in [-0.25, -0.2) is 0 Å². The largest absolute Gasteiger partial charge is 0.417 e. The molecule has 1 aliphatic rings. The Morgan fingerprint density at radius 2 is 1.53 bits per heavy atom. The van der Waals surface area contributed by atoms with Gasteiger partial charge in [-0.3, -0.25) is 4.79 Å². The molecular weight excluding hydrogens is 408 g/mol. The summed E-state index contributed by atoms with van der Waals surface area (Å²) in [6, 6.07) is 10.7. The first kappa shape index (κ1) is 22.3. The predicted molar refractivity (Wildman–Crippen MR) is 100 cm³/mol. The number of nitrogens with one attached hydrogen (secondary N) is 1. The van der Waals surface area contributed by atoms with Gasteiger partial charge in [-0.1, -0.05) is 36.4 Å². The number of benzene rings is 2. The third-order valence-corrected chi connectivity index (χ3v) is 5.73. The van der Waals surface area contributed by atoms with Crippen LogP contribution in [0.1, 0.15) is 52.7 Å². The summed E-state index contributed by atoms with van der Waals surface area (Å²) in [4.78, 5) is 12.7. The lowest BCUT2D eigenvalue weighted by Crippen LogP contribution is -2.40. The first-order valence-corrected chi connectivity index (χ1v) is 9.61. The number of piperidine rings is 1. The lowest BCUT2D eigenvalue weighted by Gasteiger charge is -2.38. The zero-order valence-corrected chi connectivity index (χ0v) is 16.0. The maximum Gasteiger partial charge on any atom is 0.417 e. The van der Waals surface area contributed by atoms with Crippen LogP contribution in [0.25, 0.3) is 0 Å². The molecule has 1 heterocycles. The summed E-state index contributed by atoms with van der Waals surface area (Å²) in [5.41, 5.74) is -3.02. The fourth-order valence-electron chi connectivity index (χ4n) is 4.07. The second-order valence-electron chi connectivity index (χ2n) is 7.58. The molecule has 1 fully saturated rings. The van der Waals surface area contributed by atoms with E-state index in [1.807, 2.05) is 30.3 Å². The number of ketones is 1. The molecule has 1 saturated heterocycles. The Morgan fingerprint density at radius 3 is 2.10 bits per heavy atom. The van der Waals surface area contributed by atoms with Crippen LogP contribution in [-0.4, -0.2) is 18.9 Å². The molecule has 2 aromatic rings. The second-order valence-corrected chi connectivity index (χ2v) is 7.58. The van der Waals surface area contributed by atoms with Gasteiger partial charge < -0.3 is 5.32 Å². The molecule has 0 saturated carbocycles. The van der Waals surface area contributed by atoms with E-state index in [4.69, 9.17) is 0 Å². The third-order valence-electron chi connectivity index (χ3n) is 5.73. The fourth-order valence-corrected chi connectivity index (χ4v) is 4.07. The van der Waals surface area contributed by atoms with E-state index in [-0.39, 0.29) is 17.9 Å². The van der Waals surface area contributed by atoms with Gasteiger partial charge in [-0.15, -0.1) is 0 Å². The van der Waals surface area contributed by atoms with Gasteiger partial charge in [0.15, 0.2) is 5.78 Å². The zero-order valence-electron chi connectivity index (χ0n) is 16.0. The van der Waals surface area contributed by atoms with Crippen LogP contribution < -0.4 is 5.32 Å². The molecule has 8 heteroatoms. The monoisotopic (exact) mass is 429 g/mol. The lowest BCUT2D eigenvalue weighted by molar-refractivity contribution is -0.143. The van der Waals surface area contributed by atoms with Gasteiger partial charge in [0.2, 0.25) is 0 Å². The summed E-state index contributed by atoms with van der Waals surface area (Å²) in [6.45, 7) is 1.44. The Kier molecular flexibility index (Phi) is 6.26. The summed E-state index contributed by atoms with van der Waals surface area (Å²) in [5.74, 6) is -0.801. The number of alkyl halides is 6. The van der Waals surface area contributed by atoms with Crippen molar-refractivity contribution in [3.63, 3.8) is 0 Å². The summed E-state index contributed by atoms with van der Waals surface area (Å²) < 4.78 is 78.7. The van der Waals surface area contributed by atoms with E-state index in [2.05, 4.69) is 5.32 Å². The van der Waals surface area contributed by atoms with Gasteiger partial charge in [0, 0.05) is 12.0 Å². The number of halogens is 6. The van der Waals surface area contributed by atoms with E-state index in [0.717, 1.165) is 31.5 Å². The Labute approximate surface area is 170 Å². The molecule has 2 aromatic carbocycles. The highest BCUT2D eigenvalue weighted by atomic mass is 19.4. The first-order chi connectivity index (χ1) is 14.0. The Bertz CT molecular complexity index is 883. The number of hydrogen-bond donors (Lipinski definition) is 1. The molecule has 0 aromatic heterocycles. The van der Waals surface area contributed by atoms with Crippen molar-refractivity contribution in [2.24, 2.45) is 0 Å². The number of hydrogen-bond acceptors (Lipinski definition) is 2. The first-order valence-electron chi connectivity index (χ1n) is 9.61. The van der Waals surface area contributed by atoms with Crippen molar-refractivity contribution in [3.8, 4) is 0 Å². The molecule has 0 aliphatic carbocycles. The van der Waals surface area contributed by atoms with E-state index >= 15 is 0 Å². The molecule has 1 aliphatic heterocycles. The highest BCUT2D eigenvalue weighted by Crippen LogP contribution is 2.40. The van der Waals surface area contributed by atoms with Gasteiger partial charge in [0.05, 0.1) is 11.1 Å². The summed E-state index contributed by atoms with van der Waals surface area (Å²) in [7, 11) is 0. The van der Waals surface area contributed by atoms with E-state index in [9.17, 15) is 31.1 Å². The number of rotatable bonds is 5. The molecule has 0 radical (unpaired) electrons. The quantitative estimate of drug-likeness (QED) is 0.466. The predicted octanol–water partition coefficient (Wildman–Crippen LogP) is 6.01. The van der Waals surface area contributed by atoms with Crippen molar-refractivity contribution in [2.45, 2.75) is 43.5 Å². The van der Waals surface area contributed by atoms with Crippen molar-refractivity contribution in [1.82, 2.24) is 5.32 Å². The van der Waals surface area contributed by atoms with E-state index < -0.39 is 34.8 Å². The Morgan fingerprint density at radius 1 is 0.900 bits per heavy atom. The van der Waals surface area contributed by atoms with Crippen molar-refractivity contribution >= 4 is 5.78 Å². The van der Waals surface area contributed by atoms with Crippen molar-refractivity contribution in [2.75, 3.05) is 13.1 Å². The number of carbonyl (C=O) groups is 1. The van der Waals surface area contributed by atoms with Crippen molar-refractivity contribution < 1.29 is 31.1 Å². The second kappa shape index (κ2) is 8.41. The van der Waals surface area contributed by atoms with Crippen LogP contribution in [0.3, 0.4) is 0 Å². The smallest absolute Gasteiger partial charge is 0.317 e. The van der Waals surface area contributed by atoms with E-state index in [0.29, 0.717) is 18.6 Å². The van der Waals surface area contributed by atoms with Gasteiger partial charge in [-0.05, 0) is 55.5 Å². The molecule has 0 amide bonds. The molecule has 1 N–H and O–H groups in total. The van der Waals surface area contributed by atoms with Gasteiger partial charge in [0.25, 0.3) is 0 Å². The van der Waals surface area contributed by atoms with Gasteiger partial charge in [-0.2, -0.15) is 26.3 Å². The van der Waals surface area contributed by atoms with Crippen LogP contribution in [0.5, 0.6) is 0 Å². The SMILES string of the molecule is O=C(CCC1(c2ccccc2)CCNCC1)c1ccc(C(F)(F)F)cc1C(F)(F)F. The standard InChI is InChI=1S/C22H21F6NO/c23-21(24,25)16-6-7-17(18(14-16)22(26,27)28)19(30)8-9-20(10-12-29-13-11-20)15-4-2-1-3-5-15/h1-7,14,29H,8-13H2. The van der Waals surface area contributed by atoms with E-state index in [1.165, 1.54) is 0 Å². The maximum atomic E-state index is 13.4. The van der Waals surface area contributed by atoms with Crippen molar-refractivity contribution in [1.29, 1.82) is 0 Å². The average Bonchev–Trinajstić information content (AvgIpc) is 2.71. The topological polar surface area (TPSA) is 29.1 Å². The summed E-state index contributed by atoms with van der Waals surface area (Å²) in [5, 5.41) is 3.24. The normalized spacial score (nSPS) is 17.0. The average molecular weight is 429 g/mol. The molecule has 162 valence electrons. The fraction of sp³-hybridized carbons (Fsp3) is 0.409. The molecule has 0 unspecified atom stereocenters. The minimum atomic E-state index is -5.06. The lowest BCUT2D eigenvalue weighted by atomic mass is 9.69. The maximum absolute atomic E-state index is 13.4. The Hall–Kier alpha value is -2.35. The molecule has 0 atom stereocenters. The molecule has 3 rings (SSSR count). The summed E-state index contributed by atoms with van der Waals surface area (Å²) >= 11 is 0. The van der Waals surface area contributed by atoms with E-state index in [1.54, 1.807) is 0 Å².